The summed E-state index contributed by atoms with van der Waals surface area (Å²) in [7, 11) is 0. The summed E-state index contributed by atoms with van der Waals surface area (Å²) < 4.78 is 0. The van der Waals surface area contributed by atoms with E-state index in [9.17, 15) is 4.79 Å². The molecule has 0 aliphatic carbocycles. The van der Waals surface area contributed by atoms with Gasteiger partial charge in [0.25, 0.3) is 0 Å². The second-order valence-corrected chi connectivity index (χ2v) is 4.91. The lowest BCUT2D eigenvalue weighted by Crippen LogP contribution is -2.11. The number of anilines is 1. The SMILES string of the molecule is CCc1cccc(NCc2ccc(C(N)=O)cc2C)c1. The Morgan fingerprint density at radius 3 is 2.65 bits per heavy atom. The third-order valence-corrected chi connectivity index (χ3v) is 3.45. The molecule has 20 heavy (non-hydrogen) atoms. The maximum absolute atomic E-state index is 11.1. The second kappa shape index (κ2) is 6.24. The molecule has 0 saturated heterocycles. The number of carbonyl (C=O) groups is 1. The van der Waals surface area contributed by atoms with Crippen LogP contribution >= 0.6 is 0 Å². The predicted molar refractivity (Wildman–Crippen MR) is 82.8 cm³/mol. The van der Waals surface area contributed by atoms with E-state index in [-0.39, 0.29) is 5.91 Å². The van der Waals surface area contributed by atoms with Crippen molar-refractivity contribution in [1.29, 1.82) is 0 Å². The van der Waals surface area contributed by atoms with Gasteiger partial charge in [0, 0.05) is 17.8 Å². The van der Waals surface area contributed by atoms with Crippen molar-refractivity contribution in [1.82, 2.24) is 0 Å². The largest absolute Gasteiger partial charge is 0.381 e. The zero-order valence-electron chi connectivity index (χ0n) is 11.9. The Bertz CT molecular complexity index is 620. The molecule has 0 radical (unpaired) electrons. The van der Waals surface area contributed by atoms with Crippen molar-refractivity contribution in [3.63, 3.8) is 0 Å². The predicted octanol–water partition coefficient (Wildman–Crippen LogP) is 3.27. The maximum atomic E-state index is 11.1. The first-order chi connectivity index (χ1) is 9.60. The molecule has 0 aliphatic heterocycles. The van der Waals surface area contributed by atoms with E-state index in [1.54, 1.807) is 6.07 Å². The molecule has 0 aromatic heterocycles. The molecule has 0 saturated carbocycles. The summed E-state index contributed by atoms with van der Waals surface area (Å²) in [4.78, 5) is 11.1. The van der Waals surface area contributed by atoms with Crippen LogP contribution in [-0.4, -0.2) is 5.91 Å². The highest BCUT2D eigenvalue weighted by Crippen LogP contribution is 2.15. The van der Waals surface area contributed by atoms with Crippen LogP contribution in [0.2, 0.25) is 0 Å². The van der Waals surface area contributed by atoms with Crippen molar-refractivity contribution in [2.24, 2.45) is 5.73 Å². The van der Waals surface area contributed by atoms with Crippen LogP contribution in [0.4, 0.5) is 5.69 Å². The molecule has 0 bridgehead atoms. The molecule has 0 heterocycles. The van der Waals surface area contributed by atoms with Gasteiger partial charge in [0.2, 0.25) is 5.91 Å². The van der Waals surface area contributed by atoms with E-state index in [0.717, 1.165) is 29.8 Å². The molecule has 0 aliphatic rings. The van der Waals surface area contributed by atoms with E-state index < -0.39 is 0 Å². The van der Waals surface area contributed by atoms with E-state index in [2.05, 4.69) is 36.5 Å². The lowest BCUT2D eigenvalue weighted by Gasteiger charge is -2.11. The molecule has 3 N–H and O–H groups in total. The first kappa shape index (κ1) is 14.1. The van der Waals surface area contributed by atoms with Gasteiger partial charge < -0.3 is 11.1 Å². The van der Waals surface area contributed by atoms with Crippen molar-refractivity contribution in [2.75, 3.05) is 5.32 Å². The first-order valence-corrected chi connectivity index (χ1v) is 6.82. The minimum atomic E-state index is -0.386. The number of nitrogens with two attached hydrogens (primary N) is 1. The fraction of sp³-hybridized carbons (Fsp3) is 0.235. The number of hydrogen-bond donors (Lipinski definition) is 2. The summed E-state index contributed by atoms with van der Waals surface area (Å²) in [6.07, 6.45) is 1.03. The quantitative estimate of drug-likeness (QED) is 0.874. The number of carbonyl (C=O) groups excluding carboxylic acids is 1. The van der Waals surface area contributed by atoms with E-state index in [1.165, 1.54) is 5.56 Å². The van der Waals surface area contributed by atoms with Crippen LogP contribution in [0.1, 0.15) is 34.0 Å². The van der Waals surface area contributed by atoms with Gasteiger partial charge in [-0.05, 0) is 54.3 Å². The summed E-state index contributed by atoms with van der Waals surface area (Å²) in [6.45, 7) is 4.87. The van der Waals surface area contributed by atoms with E-state index >= 15 is 0 Å². The summed E-state index contributed by atoms with van der Waals surface area (Å²) in [6, 6.07) is 14.0. The third-order valence-electron chi connectivity index (χ3n) is 3.45. The van der Waals surface area contributed by atoms with Gasteiger partial charge in [-0.3, -0.25) is 4.79 Å². The molecule has 0 fully saturated rings. The lowest BCUT2D eigenvalue weighted by molar-refractivity contribution is 0.1000. The molecule has 2 aromatic carbocycles. The van der Waals surface area contributed by atoms with Crippen molar-refractivity contribution in [3.8, 4) is 0 Å². The van der Waals surface area contributed by atoms with Gasteiger partial charge >= 0.3 is 0 Å². The van der Waals surface area contributed by atoms with Crippen molar-refractivity contribution < 1.29 is 4.79 Å². The average molecular weight is 268 g/mol. The van der Waals surface area contributed by atoms with Gasteiger partial charge in [0.05, 0.1) is 0 Å². The van der Waals surface area contributed by atoms with E-state index in [0.29, 0.717) is 5.56 Å². The number of rotatable bonds is 5. The molecule has 0 spiro atoms. The monoisotopic (exact) mass is 268 g/mol. The Kier molecular flexibility index (Phi) is 4.41. The molecular formula is C17H20N2O. The number of amides is 1. The lowest BCUT2D eigenvalue weighted by atomic mass is 10.0. The van der Waals surface area contributed by atoms with Gasteiger partial charge in [-0.15, -0.1) is 0 Å². The number of benzene rings is 2. The zero-order valence-corrected chi connectivity index (χ0v) is 11.9. The highest BCUT2D eigenvalue weighted by Gasteiger charge is 2.04. The molecule has 2 aromatic rings. The van der Waals surface area contributed by atoms with Crippen molar-refractivity contribution >= 4 is 11.6 Å². The molecule has 2 rings (SSSR count). The molecule has 0 unspecified atom stereocenters. The Morgan fingerprint density at radius 2 is 2.00 bits per heavy atom. The summed E-state index contributed by atoms with van der Waals surface area (Å²) in [5, 5.41) is 3.41. The normalized spacial score (nSPS) is 10.3. The molecule has 1 amide bonds. The smallest absolute Gasteiger partial charge is 0.248 e. The van der Waals surface area contributed by atoms with Crippen LogP contribution < -0.4 is 11.1 Å². The Morgan fingerprint density at radius 1 is 1.20 bits per heavy atom. The average Bonchev–Trinajstić information content (AvgIpc) is 2.46. The van der Waals surface area contributed by atoms with Gasteiger partial charge in [-0.1, -0.05) is 25.1 Å². The molecular weight excluding hydrogens is 248 g/mol. The third kappa shape index (κ3) is 3.38. The number of primary amides is 1. The Balaban J connectivity index is 2.08. The number of aryl methyl sites for hydroxylation is 2. The van der Waals surface area contributed by atoms with E-state index in [1.807, 2.05) is 19.1 Å². The number of nitrogens with one attached hydrogen (secondary N) is 1. The first-order valence-electron chi connectivity index (χ1n) is 6.82. The van der Waals surface area contributed by atoms with Crippen LogP contribution in [-0.2, 0) is 13.0 Å². The summed E-state index contributed by atoms with van der Waals surface area (Å²) >= 11 is 0. The van der Waals surface area contributed by atoms with Gasteiger partial charge in [-0.25, -0.2) is 0 Å². The van der Waals surface area contributed by atoms with Gasteiger partial charge in [0.1, 0.15) is 0 Å². The van der Waals surface area contributed by atoms with Gasteiger partial charge in [0.15, 0.2) is 0 Å². The standard InChI is InChI=1S/C17H20N2O/c1-3-13-5-4-6-16(10-13)19-11-15-8-7-14(17(18)20)9-12(15)2/h4-10,19H,3,11H2,1-2H3,(H2,18,20). The van der Waals surface area contributed by atoms with Crippen LogP contribution in [0.3, 0.4) is 0 Å². The van der Waals surface area contributed by atoms with Crippen molar-refractivity contribution in [3.05, 3.63) is 64.7 Å². The zero-order chi connectivity index (χ0) is 14.5. The van der Waals surface area contributed by atoms with Crippen LogP contribution in [0, 0.1) is 6.92 Å². The Hall–Kier alpha value is -2.29. The summed E-state index contributed by atoms with van der Waals surface area (Å²) in [5.74, 6) is -0.386. The van der Waals surface area contributed by atoms with Crippen LogP contribution in [0.25, 0.3) is 0 Å². The summed E-state index contributed by atoms with van der Waals surface area (Å²) in [5.41, 5.74) is 10.5. The minimum Gasteiger partial charge on any atom is -0.381 e. The molecule has 3 nitrogen and oxygen atoms in total. The highest BCUT2D eigenvalue weighted by atomic mass is 16.1. The molecule has 104 valence electrons. The Labute approximate surface area is 119 Å². The minimum absolute atomic E-state index is 0.386. The fourth-order valence-corrected chi connectivity index (χ4v) is 2.15. The van der Waals surface area contributed by atoms with Crippen molar-refractivity contribution in [2.45, 2.75) is 26.8 Å². The fourth-order valence-electron chi connectivity index (χ4n) is 2.15. The van der Waals surface area contributed by atoms with E-state index in [4.69, 9.17) is 5.73 Å². The highest BCUT2D eigenvalue weighted by molar-refractivity contribution is 5.93. The van der Waals surface area contributed by atoms with Crippen LogP contribution in [0.15, 0.2) is 42.5 Å². The van der Waals surface area contributed by atoms with Crippen LogP contribution in [0.5, 0.6) is 0 Å². The van der Waals surface area contributed by atoms with Gasteiger partial charge in [-0.2, -0.15) is 0 Å². The molecule has 3 heteroatoms. The maximum Gasteiger partial charge on any atom is 0.248 e. The second-order valence-electron chi connectivity index (χ2n) is 4.91. The number of hydrogen-bond acceptors (Lipinski definition) is 2. The topological polar surface area (TPSA) is 55.1 Å². The molecule has 0 atom stereocenters.